The highest BCUT2D eigenvalue weighted by Crippen LogP contribution is 2.48. The van der Waals surface area contributed by atoms with E-state index in [2.05, 4.69) is 35.8 Å². The van der Waals surface area contributed by atoms with Crippen LogP contribution in [-0.2, 0) is 23.7 Å². The van der Waals surface area contributed by atoms with Crippen molar-refractivity contribution in [2.24, 2.45) is 25.4 Å². The zero-order chi connectivity index (χ0) is 45.6. The van der Waals surface area contributed by atoms with Crippen molar-refractivity contribution in [1.29, 1.82) is 0 Å². The molecule has 2 unspecified atom stereocenters. The van der Waals surface area contributed by atoms with E-state index in [1.54, 1.807) is 31.0 Å². The first kappa shape index (κ1) is 43.2. The summed E-state index contributed by atoms with van der Waals surface area (Å²) in [6.07, 6.45) is 12.1. The van der Waals surface area contributed by atoms with E-state index in [-0.39, 0.29) is 52.7 Å². The van der Waals surface area contributed by atoms with Gasteiger partial charge < -0.3 is 29.7 Å². The van der Waals surface area contributed by atoms with Crippen LogP contribution in [0.2, 0.25) is 5.02 Å². The van der Waals surface area contributed by atoms with E-state index in [4.69, 9.17) is 21.3 Å². The van der Waals surface area contributed by atoms with Gasteiger partial charge in [0.1, 0.15) is 10.5 Å². The molecule has 0 bridgehead atoms. The van der Waals surface area contributed by atoms with E-state index < -0.39 is 30.0 Å². The predicted octanol–water partition coefficient (Wildman–Crippen LogP) is 7.90. The van der Waals surface area contributed by atoms with Crippen LogP contribution in [0.5, 0.6) is 5.75 Å². The molecule has 2 aliphatic carbocycles. The van der Waals surface area contributed by atoms with Gasteiger partial charge in [-0.05, 0) is 125 Å². The van der Waals surface area contributed by atoms with Crippen LogP contribution in [0.25, 0.3) is 21.8 Å². The zero-order valence-electron chi connectivity index (χ0n) is 37.1. The Balaban J connectivity index is 0.710. The first-order valence-electron chi connectivity index (χ1n) is 23.5. The largest absolute Gasteiger partial charge is 0.480 e. The SMILES string of the molecule is Cn1nc(C2CCC(=O)NC2=O)c2ccc(C3CCN(C4CCC5(CC4)CCN(c4ncc(Cl)c(Nc6ccc7c(c6)c6c(c(=O)n7C)OCC(F)(F)C(C7CC7)N6)n4)CC5)CC3)c(F)c21. The molecule has 14 nitrogen and oxygen atoms in total. The van der Waals surface area contributed by atoms with Gasteiger partial charge in [0.15, 0.2) is 18.2 Å². The van der Waals surface area contributed by atoms with Crippen LogP contribution in [0.15, 0.2) is 41.3 Å². The number of imide groups is 1. The van der Waals surface area contributed by atoms with Crippen LogP contribution in [0.4, 0.5) is 36.3 Å². The van der Waals surface area contributed by atoms with E-state index in [1.807, 2.05) is 24.3 Å². The fourth-order valence-electron chi connectivity index (χ4n) is 11.8. The lowest BCUT2D eigenvalue weighted by atomic mass is 9.66. The molecule has 5 fully saturated rings. The summed E-state index contributed by atoms with van der Waals surface area (Å²) in [5.74, 6) is -3.81. The number of aryl methyl sites for hydroxylation is 2. The van der Waals surface area contributed by atoms with E-state index >= 15 is 13.2 Å². The normalized spacial score (nSPS) is 23.9. The highest BCUT2D eigenvalue weighted by molar-refractivity contribution is 6.33. The third-order valence-corrected chi connectivity index (χ3v) is 16.1. The number of ether oxygens (including phenoxy) is 1. The van der Waals surface area contributed by atoms with Gasteiger partial charge in [-0.15, -0.1) is 0 Å². The number of alkyl halides is 2. The van der Waals surface area contributed by atoms with E-state index in [0.29, 0.717) is 80.8 Å². The van der Waals surface area contributed by atoms with Crippen LogP contribution in [-0.4, -0.2) is 91.8 Å². The van der Waals surface area contributed by atoms with Gasteiger partial charge in [-0.2, -0.15) is 10.1 Å². The minimum absolute atomic E-state index is 0.106. The monoisotopic (exact) mass is 926 g/mol. The summed E-state index contributed by atoms with van der Waals surface area (Å²) in [6.45, 7) is 2.65. The van der Waals surface area contributed by atoms with E-state index in [0.717, 1.165) is 77.5 Å². The van der Waals surface area contributed by atoms with Crippen molar-refractivity contribution in [3.05, 3.63) is 69.0 Å². The summed E-state index contributed by atoms with van der Waals surface area (Å²) in [4.78, 5) is 52.0. The third-order valence-electron chi connectivity index (χ3n) is 15.8. The molecule has 66 heavy (non-hydrogen) atoms. The Hall–Kier alpha value is -5.42. The fourth-order valence-corrected chi connectivity index (χ4v) is 11.9. The molecule has 4 aliphatic heterocycles. The Morgan fingerprint density at radius 1 is 0.909 bits per heavy atom. The number of fused-ring (bicyclic) bond motifs is 4. The molecule has 348 valence electrons. The van der Waals surface area contributed by atoms with Gasteiger partial charge >= 0.3 is 5.92 Å². The molecule has 2 amide bonds. The van der Waals surface area contributed by atoms with Gasteiger partial charge in [0, 0.05) is 56.1 Å². The van der Waals surface area contributed by atoms with Crippen molar-refractivity contribution in [3.8, 4) is 5.75 Å². The summed E-state index contributed by atoms with van der Waals surface area (Å²) in [5.41, 5.74) is 2.93. The van der Waals surface area contributed by atoms with Crippen LogP contribution in [0, 0.1) is 17.2 Å². The number of likely N-dealkylation sites (tertiary alicyclic amines) is 1. The summed E-state index contributed by atoms with van der Waals surface area (Å²) in [7, 11) is 3.32. The number of nitrogens with one attached hydrogen (secondary N) is 3. The van der Waals surface area contributed by atoms with Crippen LogP contribution < -0.4 is 31.1 Å². The number of benzene rings is 2. The molecular formula is C48H54ClF3N10O4. The van der Waals surface area contributed by atoms with Gasteiger partial charge in [-0.1, -0.05) is 23.7 Å². The smallest absolute Gasteiger partial charge is 0.301 e. The van der Waals surface area contributed by atoms with Gasteiger partial charge in [-0.3, -0.25) is 24.4 Å². The Morgan fingerprint density at radius 2 is 1.67 bits per heavy atom. The average molecular weight is 927 g/mol. The molecule has 18 heteroatoms. The van der Waals surface area contributed by atoms with Crippen LogP contribution in [0.1, 0.15) is 100 Å². The molecule has 1 spiro atoms. The van der Waals surface area contributed by atoms with Crippen molar-refractivity contribution in [2.45, 2.75) is 107 Å². The molecule has 2 aromatic carbocycles. The maximum atomic E-state index is 16.3. The number of anilines is 4. The fraction of sp³-hybridized carbons (Fsp3) is 0.542. The number of rotatable bonds is 7. The number of pyridine rings is 1. The quantitative estimate of drug-likeness (QED) is 0.137. The highest BCUT2D eigenvalue weighted by atomic mass is 35.5. The minimum atomic E-state index is -3.13. The maximum absolute atomic E-state index is 16.3. The molecule has 11 rings (SSSR count). The molecule has 0 radical (unpaired) electrons. The summed E-state index contributed by atoms with van der Waals surface area (Å²) in [6, 6.07) is 8.58. The Bertz CT molecular complexity index is 2820. The summed E-state index contributed by atoms with van der Waals surface area (Å²) >= 11 is 6.67. The van der Waals surface area contributed by atoms with Gasteiger partial charge in [0.05, 0.1) is 35.1 Å². The van der Waals surface area contributed by atoms with Crippen molar-refractivity contribution in [3.63, 3.8) is 0 Å². The second-order valence-corrected chi connectivity index (χ2v) is 20.1. The maximum Gasteiger partial charge on any atom is 0.301 e. The van der Waals surface area contributed by atoms with E-state index in [9.17, 15) is 14.4 Å². The number of aromatic nitrogens is 5. The van der Waals surface area contributed by atoms with Crippen molar-refractivity contribution < 1.29 is 27.5 Å². The van der Waals surface area contributed by atoms with Gasteiger partial charge in [0.2, 0.25) is 23.5 Å². The van der Waals surface area contributed by atoms with Crippen molar-refractivity contribution in [2.75, 3.05) is 48.3 Å². The number of carbonyl (C=O) groups excluding carboxylic acids is 2. The molecule has 2 atom stereocenters. The van der Waals surface area contributed by atoms with Crippen molar-refractivity contribution in [1.82, 2.24) is 34.5 Å². The van der Waals surface area contributed by atoms with Crippen LogP contribution in [0.3, 0.4) is 0 Å². The number of carbonyl (C=O) groups is 2. The molecular weight excluding hydrogens is 873 g/mol. The number of amides is 2. The molecule has 3 aromatic heterocycles. The Morgan fingerprint density at radius 3 is 2.39 bits per heavy atom. The zero-order valence-corrected chi connectivity index (χ0v) is 37.9. The number of halogens is 4. The first-order chi connectivity index (χ1) is 31.8. The van der Waals surface area contributed by atoms with Gasteiger partial charge in [0.25, 0.3) is 5.56 Å². The van der Waals surface area contributed by atoms with Crippen molar-refractivity contribution >= 4 is 68.4 Å². The summed E-state index contributed by atoms with van der Waals surface area (Å²) < 4.78 is 55.2. The average Bonchev–Trinajstić information content (AvgIpc) is 4.11. The molecule has 5 aromatic rings. The number of piperidine rings is 3. The number of nitrogens with zero attached hydrogens (tertiary/aromatic N) is 7. The van der Waals surface area contributed by atoms with Crippen LogP contribution >= 0.6 is 11.6 Å². The second-order valence-electron chi connectivity index (χ2n) is 19.7. The first-order valence-corrected chi connectivity index (χ1v) is 23.8. The number of hydrogen-bond donors (Lipinski definition) is 3. The molecule has 3 saturated heterocycles. The topological polar surface area (TPSA) is 152 Å². The highest BCUT2D eigenvalue weighted by Gasteiger charge is 2.51. The predicted molar refractivity (Wildman–Crippen MR) is 246 cm³/mol. The minimum Gasteiger partial charge on any atom is -0.480 e. The lowest BCUT2D eigenvalue weighted by molar-refractivity contribution is -0.134. The second kappa shape index (κ2) is 16.4. The molecule has 3 N–H and O–H groups in total. The molecule has 7 heterocycles. The molecule has 2 saturated carbocycles. The lowest BCUT2D eigenvalue weighted by Crippen LogP contribution is -2.47. The number of hydrogen-bond acceptors (Lipinski definition) is 11. The Kier molecular flexibility index (Phi) is 10.7. The van der Waals surface area contributed by atoms with Gasteiger partial charge in [-0.25, -0.2) is 18.2 Å². The third kappa shape index (κ3) is 7.63. The standard InChI is InChI=1S/C48H54ClF3N10O4/c1-59-35-9-5-28(23-33(35)39-41(45(59)65)66-25-48(51,52)42(56-39)27-3-4-27)54-43-34(49)24-53-46(57-43)62-21-17-47(18-22-62)15-11-29(12-16-47)61-19-13-26(14-20-61)30-6-7-31-38(58-60(2)40(31)37(30)50)32-8-10-36(63)55-44(32)64/h5-7,9,23-24,26-27,29,32,42,56H,3-4,8,10-22,25H2,1-2H3,(H,53,54,57)(H,55,63,64). The molecule has 6 aliphatic rings. The lowest BCUT2D eigenvalue weighted by Gasteiger charge is -2.48. The summed E-state index contributed by atoms with van der Waals surface area (Å²) in [5, 5.41) is 14.9. The van der Waals surface area contributed by atoms with E-state index in [1.165, 1.54) is 4.57 Å². The Labute approximate surface area is 384 Å².